The number of carbonyl (C=O) groups is 2. The van der Waals surface area contributed by atoms with Crippen molar-refractivity contribution in [3.05, 3.63) is 11.6 Å². The third-order valence-corrected chi connectivity index (χ3v) is 5.61. The van der Waals surface area contributed by atoms with E-state index < -0.39 is 33.9 Å². The number of hydrogen-bond donors (Lipinski definition) is 5. The first-order valence-electron chi connectivity index (χ1n) is 4.56. The van der Waals surface area contributed by atoms with Crippen molar-refractivity contribution in [2.45, 2.75) is 12.1 Å². The number of carboxylic acids is 2. The van der Waals surface area contributed by atoms with Gasteiger partial charge in [0, 0.05) is 6.20 Å². The zero-order valence-corrected chi connectivity index (χ0v) is 10.6. The second-order valence-corrected chi connectivity index (χ2v) is 6.98. The molecule has 3 atom stereocenters. The lowest BCUT2D eigenvalue weighted by Crippen LogP contribution is -2.37. The minimum atomic E-state index is -1.10. The van der Waals surface area contributed by atoms with Crippen molar-refractivity contribution >= 4 is 32.7 Å². The van der Waals surface area contributed by atoms with Crippen LogP contribution in [0, 0.1) is 0 Å². The smallest absolute Gasteiger partial charge is 0.325 e. The van der Waals surface area contributed by atoms with E-state index in [2.05, 4.69) is 0 Å². The van der Waals surface area contributed by atoms with Gasteiger partial charge in [0.25, 0.3) is 0 Å². The van der Waals surface area contributed by atoms with E-state index in [9.17, 15) is 9.59 Å². The third-order valence-electron chi connectivity index (χ3n) is 1.61. The normalized spacial score (nSPS) is 16.6. The van der Waals surface area contributed by atoms with Gasteiger partial charge in [-0.2, -0.15) is 0 Å². The second kappa shape index (κ2) is 8.23. The summed E-state index contributed by atoms with van der Waals surface area (Å²) in [5.41, 5.74) is 15.9. The standard InChI is InChI=1S/C8H15N3O4S2/c9-1-2-17(4-6(11)8(14)15)16-3-5(10)7(12)13/h1-2,5-6H,3-4,9-11H2,(H-,12,13,14,15)/p+1/t5-,6-,17?/m1/s1. The lowest BCUT2D eigenvalue weighted by molar-refractivity contribution is -0.138. The SMILES string of the molecule is NC=C[S+](C[C@@H](N)C(=O)O)SC[C@@H](N)C(=O)O. The number of nitrogens with two attached hydrogens (primary N) is 3. The quantitative estimate of drug-likeness (QED) is 0.266. The van der Waals surface area contributed by atoms with E-state index in [4.69, 9.17) is 27.4 Å². The average molecular weight is 282 g/mol. The highest BCUT2D eigenvalue weighted by Crippen LogP contribution is 2.19. The Morgan fingerprint density at radius 3 is 2.18 bits per heavy atom. The molecule has 98 valence electrons. The van der Waals surface area contributed by atoms with Gasteiger partial charge in [0.1, 0.15) is 17.5 Å². The molecule has 0 bridgehead atoms. The molecule has 0 aromatic rings. The van der Waals surface area contributed by atoms with Crippen molar-refractivity contribution in [3.63, 3.8) is 0 Å². The number of hydrogen-bond acceptors (Lipinski definition) is 6. The van der Waals surface area contributed by atoms with Gasteiger partial charge in [-0.15, -0.1) is 0 Å². The molecule has 0 saturated carbocycles. The second-order valence-electron chi connectivity index (χ2n) is 3.05. The summed E-state index contributed by atoms with van der Waals surface area (Å²) in [4.78, 5) is 21.1. The largest absolute Gasteiger partial charge is 0.480 e. The Morgan fingerprint density at radius 2 is 1.76 bits per heavy atom. The summed E-state index contributed by atoms with van der Waals surface area (Å²) >= 11 is 0. The van der Waals surface area contributed by atoms with E-state index in [1.165, 1.54) is 17.0 Å². The predicted octanol–water partition coefficient (Wildman–Crippen LogP) is -1.49. The first-order chi connectivity index (χ1) is 7.88. The summed E-state index contributed by atoms with van der Waals surface area (Å²) in [6.07, 6.45) is 1.29. The Labute approximate surface area is 105 Å². The number of rotatable bonds is 8. The summed E-state index contributed by atoms with van der Waals surface area (Å²) in [6.45, 7) is 0. The van der Waals surface area contributed by atoms with Crippen LogP contribution in [0.1, 0.15) is 0 Å². The minimum Gasteiger partial charge on any atom is -0.480 e. The van der Waals surface area contributed by atoms with Crippen LogP contribution >= 0.6 is 10.8 Å². The summed E-state index contributed by atoms with van der Waals surface area (Å²) in [6, 6.07) is -1.98. The molecule has 0 aromatic carbocycles. The Bertz CT molecular complexity index is 300. The van der Waals surface area contributed by atoms with Crippen LogP contribution in [0.15, 0.2) is 11.6 Å². The van der Waals surface area contributed by atoms with Crippen molar-refractivity contribution in [2.24, 2.45) is 17.2 Å². The van der Waals surface area contributed by atoms with Gasteiger partial charge in [-0.05, 0) is 0 Å². The van der Waals surface area contributed by atoms with Crippen LogP contribution in [-0.2, 0) is 19.5 Å². The number of aliphatic carboxylic acids is 2. The summed E-state index contributed by atoms with van der Waals surface area (Å²) in [5.74, 6) is -1.83. The zero-order chi connectivity index (χ0) is 13.4. The van der Waals surface area contributed by atoms with Gasteiger partial charge in [-0.1, -0.05) is 0 Å². The van der Waals surface area contributed by atoms with Crippen molar-refractivity contribution < 1.29 is 19.8 Å². The molecule has 0 radical (unpaired) electrons. The van der Waals surface area contributed by atoms with Gasteiger partial charge in [-0.25, -0.2) is 0 Å². The van der Waals surface area contributed by atoms with E-state index in [0.29, 0.717) is 0 Å². The molecule has 9 heteroatoms. The van der Waals surface area contributed by atoms with Crippen molar-refractivity contribution in [3.8, 4) is 0 Å². The first-order valence-corrected chi connectivity index (χ1v) is 7.52. The monoisotopic (exact) mass is 282 g/mol. The van der Waals surface area contributed by atoms with Crippen LogP contribution in [0.4, 0.5) is 0 Å². The van der Waals surface area contributed by atoms with Crippen molar-refractivity contribution in [2.75, 3.05) is 11.5 Å². The fraction of sp³-hybridized carbons (Fsp3) is 0.500. The molecule has 0 saturated heterocycles. The van der Waals surface area contributed by atoms with Crippen LogP contribution < -0.4 is 17.2 Å². The van der Waals surface area contributed by atoms with E-state index >= 15 is 0 Å². The van der Waals surface area contributed by atoms with E-state index in [1.54, 1.807) is 5.41 Å². The van der Waals surface area contributed by atoms with Gasteiger partial charge in [-0.3, -0.25) is 9.59 Å². The van der Waals surface area contributed by atoms with Crippen molar-refractivity contribution in [1.82, 2.24) is 0 Å². The van der Waals surface area contributed by atoms with E-state index in [0.717, 1.165) is 0 Å². The van der Waals surface area contributed by atoms with Crippen molar-refractivity contribution in [1.29, 1.82) is 0 Å². The maximum Gasteiger partial charge on any atom is 0.325 e. The fourth-order valence-corrected chi connectivity index (χ4v) is 4.25. The zero-order valence-electron chi connectivity index (χ0n) is 8.98. The van der Waals surface area contributed by atoms with Gasteiger partial charge in [0.05, 0.1) is 26.5 Å². The highest BCUT2D eigenvalue weighted by Gasteiger charge is 2.27. The van der Waals surface area contributed by atoms with Crippen LogP contribution in [0.5, 0.6) is 0 Å². The molecule has 0 fully saturated rings. The molecule has 17 heavy (non-hydrogen) atoms. The molecule has 0 amide bonds. The Morgan fingerprint density at radius 1 is 1.24 bits per heavy atom. The molecule has 0 aliphatic heterocycles. The Hall–Kier alpha value is -0.900. The summed E-state index contributed by atoms with van der Waals surface area (Å²) in [5, 5.41) is 18.9. The van der Waals surface area contributed by atoms with Gasteiger partial charge in [0.15, 0.2) is 5.75 Å². The molecule has 0 spiro atoms. The number of carboxylic acid groups (broad SMARTS) is 2. The fourth-order valence-electron chi connectivity index (χ4n) is 0.711. The van der Waals surface area contributed by atoms with Crippen LogP contribution in [-0.4, -0.2) is 45.7 Å². The predicted molar refractivity (Wildman–Crippen MR) is 69.2 cm³/mol. The average Bonchev–Trinajstić information content (AvgIpc) is 2.25. The summed E-state index contributed by atoms with van der Waals surface area (Å²) in [7, 11) is 0.690. The van der Waals surface area contributed by atoms with Gasteiger partial charge < -0.3 is 27.4 Å². The maximum atomic E-state index is 10.6. The Balaban J connectivity index is 4.25. The highest BCUT2D eigenvalue weighted by atomic mass is 33.1. The Kier molecular flexibility index (Phi) is 7.79. The maximum absolute atomic E-state index is 10.6. The molecule has 0 aliphatic carbocycles. The lowest BCUT2D eigenvalue weighted by atomic mass is 10.4. The lowest BCUT2D eigenvalue weighted by Gasteiger charge is -2.07. The van der Waals surface area contributed by atoms with Crippen LogP contribution in [0.2, 0.25) is 0 Å². The molecule has 8 N–H and O–H groups in total. The van der Waals surface area contributed by atoms with Gasteiger partial charge in [0.2, 0.25) is 0 Å². The molecule has 0 rings (SSSR count). The van der Waals surface area contributed by atoms with Crippen LogP contribution in [0.25, 0.3) is 0 Å². The van der Waals surface area contributed by atoms with Gasteiger partial charge >= 0.3 is 11.9 Å². The first kappa shape index (κ1) is 16.1. The summed E-state index contributed by atoms with van der Waals surface area (Å²) < 4.78 is 0. The third kappa shape index (κ3) is 7.10. The molecule has 7 nitrogen and oxygen atoms in total. The molecule has 1 unspecified atom stereocenters. The molecule has 0 heterocycles. The molecular formula is C8H16N3O4S2+. The molecular weight excluding hydrogens is 266 g/mol. The van der Waals surface area contributed by atoms with Crippen LogP contribution in [0.3, 0.4) is 0 Å². The minimum absolute atomic E-state index is 0.176. The molecule has 0 aromatic heterocycles. The highest BCUT2D eigenvalue weighted by molar-refractivity contribution is 8.75. The van der Waals surface area contributed by atoms with E-state index in [-0.39, 0.29) is 11.5 Å². The van der Waals surface area contributed by atoms with E-state index in [1.807, 2.05) is 0 Å². The molecule has 0 aliphatic rings. The topological polar surface area (TPSA) is 153 Å².